The number of halogens is 1. The molecule has 0 fully saturated rings. The third-order valence-electron chi connectivity index (χ3n) is 3.68. The quantitative estimate of drug-likeness (QED) is 0.686. The van der Waals surface area contributed by atoms with Gasteiger partial charge in [-0.2, -0.15) is 0 Å². The summed E-state index contributed by atoms with van der Waals surface area (Å²) in [5, 5.41) is 1.08. The van der Waals surface area contributed by atoms with Crippen LogP contribution in [0.2, 0.25) is 5.28 Å². The second kappa shape index (κ2) is 6.95. The second-order valence-electron chi connectivity index (χ2n) is 7.14. The summed E-state index contributed by atoms with van der Waals surface area (Å²) >= 11 is 6.04. The molecular weight excluding hydrogens is 370 g/mol. The van der Waals surface area contributed by atoms with Crippen molar-refractivity contribution < 1.29 is 8.42 Å². The molecule has 0 radical (unpaired) electrons. The number of benzene rings is 2. The van der Waals surface area contributed by atoms with Crippen molar-refractivity contribution in [2.24, 2.45) is 0 Å². The van der Waals surface area contributed by atoms with Gasteiger partial charge in [0.1, 0.15) is 0 Å². The lowest BCUT2D eigenvalue weighted by Gasteiger charge is -2.20. The Morgan fingerprint density at radius 2 is 1.77 bits per heavy atom. The van der Waals surface area contributed by atoms with Gasteiger partial charge >= 0.3 is 0 Å². The molecule has 136 valence electrons. The average Bonchev–Trinajstić information content (AvgIpc) is 2.53. The fourth-order valence-electron chi connectivity index (χ4n) is 2.72. The van der Waals surface area contributed by atoms with Crippen LogP contribution in [0, 0.1) is 0 Å². The number of hydrogen-bond donors (Lipinski definition) is 1. The first kappa shape index (κ1) is 18.8. The van der Waals surface area contributed by atoms with Crippen LogP contribution in [-0.4, -0.2) is 23.9 Å². The highest BCUT2D eigenvalue weighted by atomic mass is 35.5. The van der Waals surface area contributed by atoms with Crippen LogP contribution in [0.3, 0.4) is 0 Å². The fraction of sp³-hybridized carbons (Fsp3) is 0.263. The van der Waals surface area contributed by atoms with Gasteiger partial charge in [-0.3, -0.25) is 0 Å². The van der Waals surface area contributed by atoms with E-state index in [1.54, 1.807) is 18.2 Å². The van der Waals surface area contributed by atoms with Crippen LogP contribution >= 0.6 is 11.6 Å². The molecule has 0 bridgehead atoms. The smallest absolute Gasteiger partial charge is 0.222 e. The van der Waals surface area contributed by atoms with Gasteiger partial charge in [-0.25, -0.2) is 23.1 Å². The molecule has 3 rings (SSSR count). The Balaban J connectivity index is 1.98. The Kier molecular flexibility index (Phi) is 5.01. The number of nitrogens with one attached hydrogen (secondary N) is 1. The highest BCUT2D eigenvalue weighted by molar-refractivity contribution is 7.89. The lowest BCUT2D eigenvalue weighted by molar-refractivity contribution is 0.491. The van der Waals surface area contributed by atoms with Crippen molar-refractivity contribution in [3.8, 4) is 0 Å². The van der Waals surface area contributed by atoms with Gasteiger partial charge in [0.2, 0.25) is 15.3 Å². The van der Waals surface area contributed by atoms with Crippen molar-refractivity contribution >= 4 is 32.5 Å². The summed E-state index contributed by atoms with van der Waals surface area (Å²) in [6, 6.07) is 14.5. The van der Waals surface area contributed by atoms with Gasteiger partial charge in [0.25, 0.3) is 0 Å². The van der Waals surface area contributed by atoms with Crippen molar-refractivity contribution in [3.63, 3.8) is 0 Å². The summed E-state index contributed by atoms with van der Waals surface area (Å²) in [7, 11) is -3.59. The molecule has 0 aliphatic carbocycles. The Bertz CT molecular complexity index is 1060. The van der Waals surface area contributed by atoms with Crippen LogP contribution in [0.4, 0.5) is 0 Å². The molecule has 0 saturated heterocycles. The van der Waals surface area contributed by atoms with Crippen LogP contribution < -0.4 is 4.72 Å². The second-order valence-corrected chi connectivity index (χ2v) is 9.16. The fourth-order valence-corrected chi connectivity index (χ4v) is 4.41. The van der Waals surface area contributed by atoms with Gasteiger partial charge in [-0.1, -0.05) is 30.3 Å². The first-order valence-electron chi connectivity index (χ1n) is 8.18. The summed E-state index contributed by atoms with van der Waals surface area (Å²) in [6.45, 7) is 5.43. The van der Waals surface area contributed by atoms with E-state index in [1.165, 1.54) is 0 Å². The summed E-state index contributed by atoms with van der Waals surface area (Å²) in [4.78, 5) is 8.79. The average molecular weight is 390 g/mol. The van der Waals surface area contributed by atoms with Gasteiger partial charge in [-0.15, -0.1) is 0 Å². The molecule has 0 spiro atoms. The molecule has 0 aliphatic heterocycles. The van der Waals surface area contributed by atoms with Crippen molar-refractivity contribution in [2.75, 3.05) is 0 Å². The third kappa shape index (κ3) is 4.38. The molecule has 7 heteroatoms. The lowest BCUT2D eigenvalue weighted by atomic mass is 10.1. The van der Waals surface area contributed by atoms with Gasteiger partial charge in [0.15, 0.2) is 0 Å². The number of sulfonamides is 1. The number of nitrogens with zero attached hydrogens (tertiary/aromatic N) is 2. The Morgan fingerprint density at radius 1 is 1.04 bits per heavy atom. The molecule has 0 atom stereocenters. The minimum Gasteiger partial charge on any atom is -0.222 e. The molecule has 0 aliphatic rings. The number of fused-ring (bicyclic) bond motifs is 1. The van der Waals surface area contributed by atoms with E-state index < -0.39 is 15.6 Å². The Labute approximate surface area is 158 Å². The molecule has 0 amide bonds. The number of rotatable bonds is 4. The molecule has 1 aromatic heterocycles. The zero-order valence-corrected chi connectivity index (χ0v) is 16.4. The van der Waals surface area contributed by atoms with Crippen molar-refractivity contribution in [1.82, 2.24) is 14.7 Å². The summed E-state index contributed by atoms with van der Waals surface area (Å²) in [5.74, 6) is 0. The molecule has 1 N–H and O–H groups in total. The minimum atomic E-state index is -3.59. The largest absolute Gasteiger partial charge is 0.241 e. The normalized spacial score (nSPS) is 12.5. The maximum Gasteiger partial charge on any atom is 0.241 e. The van der Waals surface area contributed by atoms with E-state index >= 15 is 0 Å². The number of aromatic nitrogens is 2. The monoisotopic (exact) mass is 389 g/mol. The molecule has 0 unspecified atom stereocenters. The van der Waals surface area contributed by atoms with Crippen molar-refractivity contribution in [2.45, 2.75) is 37.6 Å². The molecule has 2 aromatic carbocycles. The van der Waals surface area contributed by atoms with E-state index in [4.69, 9.17) is 11.6 Å². The van der Waals surface area contributed by atoms with Gasteiger partial charge in [-0.05, 0) is 56.1 Å². The van der Waals surface area contributed by atoms with E-state index in [0.29, 0.717) is 6.42 Å². The maximum atomic E-state index is 12.6. The Hall–Kier alpha value is -2.02. The Morgan fingerprint density at radius 3 is 2.50 bits per heavy atom. The third-order valence-corrected chi connectivity index (χ3v) is 5.60. The van der Waals surface area contributed by atoms with Crippen LogP contribution in [0.5, 0.6) is 0 Å². The van der Waals surface area contributed by atoms with E-state index in [-0.39, 0.29) is 10.2 Å². The van der Waals surface area contributed by atoms with Crippen molar-refractivity contribution in [1.29, 1.82) is 0 Å². The lowest BCUT2D eigenvalue weighted by Crippen LogP contribution is -2.40. The van der Waals surface area contributed by atoms with E-state index in [1.807, 2.05) is 51.1 Å². The summed E-state index contributed by atoms with van der Waals surface area (Å²) in [5.41, 5.74) is 1.81. The molecule has 0 saturated carbocycles. The molecule has 26 heavy (non-hydrogen) atoms. The SMILES string of the molecule is CC(C)(C)NS(=O)(=O)c1cccc(Cc2nc(Cl)nc3ccccc23)c1. The highest BCUT2D eigenvalue weighted by Crippen LogP contribution is 2.22. The van der Waals surface area contributed by atoms with Crippen LogP contribution in [0.25, 0.3) is 10.9 Å². The maximum absolute atomic E-state index is 12.6. The predicted octanol–water partition coefficient (Wildman–Crippen LogP) is 3.95. The minimum absolute atomic E-state index is 0.178. The summed E-state index contributed by atoms with van der Waals surface area (Å²) < 4.78 is 27.8. The molecular formula is C19H20ClN3O2S. The van der Waals surface area contributed by atoms with E-state index in [9.17, 15) is 8.42 Å². The number of para-hydroxylation sites is 1. The predicted molar refractivity (Wildman–Crippen MR) is 104 cm³/mol. The first-order valence-corrected chi connectivity index (χ1v) is 10.0. The van der Waals surface area contributed by atoms with Crippen LogP contribution in [0.1, 0.15) is 32.0 Å². The van der Waals surface area contributed by atoms with Gasteiger partial charge in [0, 0.05) is 17.3 Å². The molecule has 5 nitrogen and oxygen atoms in total. The highest BCUT2D eigenvalue weighted by Gasteiger charge is 2.22. The number of hydrogen-bond acceptors (Lipinski definition) is 4. The van der Waals surface area contributed by atoms with Crippen LogP contribution in [0.15, 0.2) is 53.4 Å². The zero-order valence-electron chi connectivity index (χ0n) is 14.8. The van der Waals surface area contributed by atoms with Gasteiger partial charge in [0.05, 0.1) is 16.1 Å². The van der Waals surface area contributed by atoms with E-state index in [0.717, 1.165) is 22.2 Å². The zero-order chi connectivity index (χ0) is 18.9. The van der Waals surface area contributed by atoms with Gasteiger partial charge < -0.3 is 0 Å². The standard InChI is InChI=1S/C19H20ClN3O2S/c1-19(2,3)23-26(24,25)14-8-6-7-13(11-14)12-17-15-9-4-5-10-16(15)21-18(20)22-17/h4-11,23H,12H2,1-3H3. The topological polar surface area (TPSA) is 72.0 Å². The summed E-state index contributed by atoms with van der Waals surface area (Å²) in [6.07, 6.45) is 0.460. The van der Waals surface area contributed by atoms with Crippen LogP contribution in [-0.2, 0) is 16.4 Å². The van der Waals surface area contributed by atoms with Crippen molar-refractivity contribution in [3.05, 3.63) is 65.1 Å². The molecule has 3 aromatic rings. The first-order chi connectivity index (χ1) is 12.1. The molecule has 1 heterocycles. The van der Waals surface area contributed by atoms with E-state index in [2.05, 4.69) is 14.7 Å².